The first kappa shape index (κ1) is 11.0. The molecule has 11 heavy (non-hydrogen) atoms. The SMILES string of the molecule is [CH2]C(CCCC)CCCCC. The van der Waals surface area contributed by atoms with Crippen LogP contribution in [0.1, 0.15) is 58.8 Å². The molecule has 0 saturated carbocycles. The fraction of sp³-hybridized carbons (Fsp3) is 0.909. The van der Waals surface area contributed by atoms with Crippen molar-refractivity contribution >= 4 is 0 Å². The monoisotopic (exact) mass is 155 g/mol. The van der Waals surface area contributed by atoms with Crippen LogP contribution in [0.15, 0.2) is 0 Å². The summed E-state index contributed by atoms with van der Waals surface area (Å²) >= 11 is 0. The molecular formula is C11H23. The molecule has 0 heteroatoms. The summed E-state index contributed by atoms with van der Waals surface area (Å²) in [6.45, 7) is 8.65. The van der Waals surface area contributed by atoms with Gasteiger partial charge in [-0.25, -0.2) is 0 Å². The third kappa shape index (κ3) is 7.90. The van der Waals surface area contributed by atoms with Gasteiger partial charge in [0.25, 0.3) is 0 Å². The zero-order valence-electron chi connectivity index (χ0n) is 8.23. The molecule has 0 nitrogen and oxygen atoms in total. The highest BCUT2D eigenvalue weighted by Crippen LogP contribution is 2.14. The van der Waals surface area contributed by atoms with Crippen LogP contribution in [-0.2, 0) is 0 Å². The summed E-state index contributed by atoms with van der Waals surface area (Å²) in [6, 6.07) is 0. The van der Waals surface area contributed by atoms with Gasteiger partial charge in [-0.1, -0.05) is 65.7 Å². The van der Waals surface area contributed by atoms with E-state index in [1.54, 1.807) is 0 Å². The molecule has 0 heterocycles. The van der Waals surface area contributed by atoms with E-state index in [1.165, 1.54) is 44.9 Å². The largest absolute Gasteiger partial charge is 0.0654 e. The van der Waals surface area contributed by atoms with Crippen LogP contribution in [0, 0.1) is 12.8 Å². The van der Waals surface area contributed by atoms with Gasteiger partial charge in [-0.3, -0.25) is 0 Å². The van der Waals surface area contributed by atoms with Crippen LogP contribution in [-0.4, -0.2) is 0 Å². The molecule has 67 valence electrons. The minimum absolute atomic E-state index is 0.724. The molecule has 0 amide bonds. The Morgan fingerprint density at radius 1 is 0.909 bits per heavy atom. The maximum Gasteiger partial charge on any atom is -0.0414 e. The molecule has 0 bridgehead atoms. The summed E-state index contributed by atoms with van der Waals surface area (Å²) in [5.74, 6) is 0.724. The van der Waals surface area contributed by atoms with Crippen molar-refractivity contribution in [1.29, 1.82) is 0 Å². The van der Waals surface area contributed by atoms with E-state index < -0.39 is 0 Å². The maximum absolute atomic E-state index is 4.15. The smallest absolute Gasteiger partial charge is 0.0414 e. The van der Waals surface area contributed by atoms with Gasteiger partial charge in [0, 0.05) is 0 Å². The molecule has 0 aromatic rings. The van der Waals surface area contributed by atoms with Gasteiger partial charge in [0.05, 0.1) is 0 Å². The highest BCUT2D eigenvalue weighted by atomic mass is 14.1. The topological polar surface area (TPSA) is 0 Å². The summed E-state index contributed by atoms with van der Waals surface area (Å²) in [5.41, 5.74) is 0. The Bertz CT molecular complexity index is 66.4. The van der Waals surface area contributed by atoms with Crippen LogP contribution >= 0.6 is 0 Å². The van der Waals surface area contributed by atoms with Crippen molar-refractivity contribution in [2.24, 2.45) is 5.92 Å². The van der Waals surface area contributed by atoms with Gasteiger partial charge in [-0.15, -0.1) is 0 Å². The summed E-state index contributed by atoms with van der Waals surface area (Å²) in [7, 11) is 0. The third-order valence-corrected chi connectivity index (χ3v) is 2.18. The van der Waals surface area contributed by atoms with E-state index >= 15 is 0 Å². The minimum Gasteiger partial charge on any atom is -0.0654 e. The Kier molecular flexibility index (Phi) is 8.10. The van der Waals surface area contributed by atoms with Crippen LogP contribution < -0.4 is 0 Å². The molecule has 1 radical (unpaired) electrons. The van der Waals surface area contributed by atoms with Crippen LogP contribution in [0.4, 0.5) is 0 Å². The quantitative estimate of drug-likeness (QED) is 0.483. The normalized spacial score (nSPS) is 13.4. The molecule has 0 aliphatic heterocycles. The van der Waals surface area contributed by atoms with Gasteiger partial charge in [0.1, 0.15) is 0 Å². The lowest BCUT2D eigenvalue weighted by Gasteiger charge is -2.08. The van der Waals surface area contributed by atoms with Crippen molar-refractivity contribution in [2.45, 2.75) is 58.8 Å². The Morgan fingerprint density at radius 3 is 2.00 bits per heavy atom. The van der Waals surface area contributed by atoms with Crippen LogP contribution in [0.2, 0.25) is 0 Å². The highest BCUT2D eigenvalue weighted by Gasteiger charge is 1.99. The number of hydrogen-bond acceptors (Lipinski definition) is 0. The van der Waals surface area contributed by atoms with E-state index in [0.29, 0.717) is 0 Å². The zero-order chi connectivity index (χ0) is 8.53. The number of unbranched alkanes of at least 4 members (excludes halogenated alkanes) is 3. The molecule has 0 aromatic heterocycles. The maximum atomic E-state index is 4.15. The number of hydrogen-bond donors (Lipinski definition) is 0. The average molecular weight is 155 g/mol. The predicted molar refractivity (Wildman–Crippen MR) is 52.5 cm³/mol. The summed E-state index contributed by atoms with van der Waals surface area (Å²) in [6.07, 6.45) is 9.46. The van der Waals surface area contributed by atoms with Crippen LogP contribution in [0.25, 0.3) is 0 Å². The van der Waals surface area contributed by atoms with Gasteiger partial charge in [-0.2, -0.15) is 0 Å². The first-order chi connectivity index (χ1) is 5.31. The van der Waals surface area contributed by atoms with E-state index in [0.717, 1.165) is 5.92 Å². The van der Waals surface area contributed by atoms with E-state index in [2.05, 4.69) is 20.8 Å². The van der Waals surface area contributed by atoms with Crippen molar-refractivity contribution in [2.75, 3.05) is 0 Å². The lowest BCUT2D eigenvalue weighted by Crippen LogP contribution is -1.94. The minimum atomic E-state index is 0.724. The molecule has 0 spiro atoms. The van der Waals surface area contributed by atoms with Gasteiger partial charge in [0.2, 0.25) is 0 Å². The van der Waals surface area contributed by atoms with Crippen molar-refractivity contribution in [1.82, 2.24) is 0 Å². The van der Waals surface area contributed by atoms with Gasteiger partial charge < -0.3 is 0 Å². The molecule has 0 aliphatic rings. The zero-order valence-corrected chi connectivity index (χ0v) is 8.23. The first-order valence-electron chi connectivity index (χ1n) is 5.14. The molecule has 0 aromatic carbocycles. The molecule has 0 aliphatic carbocycles. The second kappa shape index (κ2) is 8.10. The van der Waals surface area contributed by atoms with E-state index in [1.807, 2.05) is 0 Å². The van der Waals surface area contributed by atoms with Gasteiger partial charge in [-0.05, 0) is 5.92 Å². The molecule has 0 N–H and O–H groups in total. The summed E-state index contributed by atoms with van der Waals surface area (Å²) in [4.78, 5) is 0. The van der Waals surface area contributed by atoms with Crippen LogP contribution in [0.5, 0.6) is 0 Å². The lowest BCUT2D eigenvalue weighted by molar-refractivity contribution is 0.486. The highest BCUT2D eigenvalue weighted by molar-refractivity contribution is 4.60. The van der Waals surface area contributed by atoms with Gasteiger partial charge >= 0.3 is 0 Å². The fourth-order valence-corrected chi connectivity index (χ4v) is 1.32. The second-order valence-corrected chi connectivity index (χ2v) is 3.50. The summed E-state index contributed by atoms with van der Waals surface area (Å²) < 4.78 is 0. The predicted octanol–water partition coefficient (Wildman–Crippen LogP) is 4.21. The van der Waals surface area contributed by atoms with E-state index in [9.17, 15) is 0 Å². The van der Waals surface area contributed by atoms with Crippen molar-refractivity contribution in [3.63, 3.8) is 0 Å². The van der Waals surface area contributed by atoms with Crippen molar-refractivity contribution < 1.29 is 0 Å². The Morgan fingerprint density at radius 2 is 1.45 bits per heavy atom. The van der Waals surface area contributed by atoms with Crippen LogP contribution in [0.3, 0.4) is 0 Å². The molecular weight excluding hydrogens is 132 g/mol. The van der Waals surface area contributed by atoms with E-state index in [-0.39, 0.29) is 0 Å². The fourth-order valence-electron chi connectivity index (χ4n) is 1.32. The standard InChI is InChI=1S/C11H23/c1-4-6-8-10-11(3)9-7-5-2/h11H,3-10H2,1-2H3. The first-order valence-corrected chi connectivity index (χ1v) is 5.14. The number of rotatable bonds is 7. The summed E-state index contributed by atoms with van der Waals surface area (Å²) in [5, 5.41) is 0. The Hall–Kier alpha value is 0. The molecule has 1 unspecified atom stereocenters. The third-order valence-electron chi connectivity index (χ3n) is 2.18. The molecule has 0 saturated heterocycles. The second-order valence-electron chi connectivity index (χ2n) is 3.50. The van der Waals surface area contributed by atoms with Gasteiger partial charge in [0.15, 0.2) is 0 Å². The molecule has 0 rings (SSSR count). The van der Waals surface area contributed by atoms with E-state index in [4.69, 9.17) is 0 Å². The lowest BCUT2D eigenvalue weighted by atomic mass is 9.98. The molecule has 0 fully saturated rings. The average Bonchev–Trinajstić information content (AvgIpc) is 2.01. The van der Waals surface area contributed by atoms with Crippen molar-refractivity contribution in [3.8, 4) is 0 Å². The van der Waals surface area contributed by atoms with Crippen molar-refractivity contribution in [3.05, 3.63) is 6.92 Å². The Labute approximate surface area is 72.4 Å². The Balaban J connectivity index is 3.02. The molecule has 1 atom stereocenters.